The van der Waals surface area contributed by atoms with Gasteiger partial charge >= 0.3 is 11.9 Å². The van der Waals surface area contributed by atoms with Gasteiger partial charge in [-0.05, 0) is 37.5 Å². The predicted octanol–water partition coefficient (Wildman–Crippen LogP) is 13.1. The van der Waals surface area contributed by atoms with Crippen LogP contribution in [0.4, 0.5) is 0 Å². The van der Waals surface area contributed by atoms with Gasteiger partial charge in [0.2, 0.25) is 0 Å². The Morgan fingerprint density at radius 1 is 0.409 bits per heavy atom. The summed E-state index contributed by atoms with van der Waals surface area (Å²) in [6.45, 7) is 10.5. The molecule has 4 nitrogen and oxygen atoms in total. The van der Waals surface area contributed by atoms with Crippen molar-refractivity contribution >= 4 is 11.9 Å². The van der Waals surface area contributed by atoms with Crippen LogP contribution in [0.3, 0.4) is 0 Å². The summed E-state index contributed by atoms with van der Waals surface area (Å²) >= 11 is 0. The smallest absolute Gasteiger partial charge is 0.305 e. The van der Waals surface area contributed by atoms with E-state index in [0.717, 1.165) is 50.4 Å². The van der Waals surface area contributed by atoms with Crippen LogP contribution in [0.15, 0.2) is 0 Å². The topological polar surface area (TPSA) is 52.6 Å². The minimum absolute atomic E-state index is 0.00472. The third-order valence-electron chi connectivity index (χ3n) is 9.48. The van der Waals surface area contributed by atoms with Crippen molar-refractivity contribution in [1.29, 1.82) is 0 Å². The van der Waals surface area contributed by atoms with E-state index < -0.39 is 0 Å². The summed E-state index contributed by atoms with van der Waals surface area (Å²) < 4.78 is 10.8. The lowest BCUT2D eigenvalue weighted by Gasteiger charge is -2.24. The summed E-state index contributed by atoms with van der Waals surface area (Å²) in [6.07, 6.45) is 36.1. The highest BCUT2D eigenvalue weighted by molar-refractivity contribution is 5.69. The lowest BCUT2D eigenvalue weighted by molar-refractivity contribution is -0.144. The van der Waals surface area contributed by atoms with Crippen LogP contribution < -0.4 is 0 Å². The lowest BCUT2D eigenvalue weighted by Crippen LogP contribution is -2.12. The van der Waals surface area contributed by atoms with Gasteiger partial charge in [-0.25, -0.2) is 0 Å². The Bertz CT molecular complexity index is 558. The van der Waals surface area contributed by atoms with E-state index in [1.54, 1.807) is 0 Å². The highest BCUT2D eigenvalue weighted by atomic mass is 16.5. The van der Waals surface area contributed by atoms with Crippen molar-refractivity contribution in [3.63, 3.8) is 0 Å². The van der Waals surface area contributed by atoms with Gasteiger partial charge < -0.3 is 9.47 Å². The lowest BCUT2D eigenvalue weighted by atomic mass is 9.82. The highest BCUT2D eigenvalue weighted by Gasteiger charge is 2.16. The van der Waals surface area contributed by atoms with Crippen molar-refractivity contribution in [3.8, 4) is 0 Å². The molecule has 0 saturated heterocycles. The number of hydrogen-bond acceptors (Lipinski definition) is 4. The molecule has 0 bridgehead atoms. The molecule has 262 valence electrons. The van der Waals surface area contributed by atoms with Crippen LogP contribution in [-0.4, -0.2) is 25.2 Å². The van der Waals surface area contributed by atoms with E-state index in [4.69, 9.17) is 9.47 Å². The predicted molar refractivity (Wildman–Crippen MR) is 190 cm³/mol. The van der Waals surface area contributed by atoms with Crippen LogP contribution >= 0.6 is 0 Å². The molecular weight excluding hydrogens is 544 g/mol. The van der Waals surface area contributed by atoms with Gasteiger partial charge in [-0.1, -0.05) is 182 Å². The molecule has 0 aliphatic heterocycles. The molecule has 0 N–H and O–H groups in total. The quantitative estimate of drug-likeness (QED) is 0.0521. The van der Waals surface area contributed by atoms with Crippen molar-refractivity contribution in [1.82, 2.24) is 0 Å². The molecule has 0 radical (unpaired) electrons. The summed E-state index contributed by atoms with van der Waals surface area (Å²) in [7, 11) is 0. The van der Waals surface area contributed by atoms with Gasteiger partial charge in [0.15, 0.2) is 0 Å². The maximum atomic E-state index is 11.9. The monoisotopic (exact) mass is 623 g/mol. The maximum Gasteiger partial charge on any atom is 0.305 e. The zero-order valence-corrected chi connectivity index (χ0v) is 30.4. The number of ether oxygens (including phenoxy) is 2. The largest absolute Gasteiger partial charge is 0.466 e. The first-order valence-corrected chi connectivity index (χ1v) is 19.9. The summed E-state index contributed by atoms with van der Waals surface area (Å²) in [6, 6.07) is 0. The maximum absolute atomic E-state index is 11.9. The number of esters is 2. The molecule has 0 spiro atoms. The minimum Gasteiger partial charge on any atom is -0.466 e. The highest BCUT2D eigenvalue weighted by Crippen LogP contribution is 2.29. The second-order valence-electron chi connectivity index (χ2n) is 13.8. The summed E-state index contributed by atoms with van der Waals surface area (Å²) in [5.41, 5.74) is 0. The summed E-state index contributed by atoms with van der Waals surface area (Å²) in [4.78, 5) is 23.9. The Hall–Kier alpha value is -1.06. The first-order valence-electron chi connectivity index (χ1n) is 19.9. The van der Waals surface area contributed by atoms with Crippen LogP contribution in [0.5, 0.6) is 0 Å². The van der Waals surface area contributed by atoms with Gasteiger partial charge in [0, 0.05) is 12.8 Å². The Labute approximate surface area is 276 Å². The van der Waals surface area contributed by atoms with Gasteiger partial charge in [0.05, 0.1) is 13.2 Å². The Morgan fingerprint density at radius 2 is 0.750 bits per heavy atom. The van der Waals surface area contributed by atoms with Crippen LogP contribution in [-0.2, 0) is 19.1 Å². The van der Waals surface area contributed by atoms with E-state index in [-0.39, 0.29) is 11.9 Å². The van der Waals surface area contributed by atoms with Gasteiger partial charge in [-0.15, -0.1) is 0 Å². The van der Waals surface area contributed by atoms with E-state index >= 15 is 0 Å². The van der Waals surface area contributed by atoms with E-state index in [2.05, 4.69) is 27.7 Å². The van der Waals surface area contributed by atoms with Crippen LogP contribution in [0.1, 0.15) is 220 Å². The Kier molecular flexibility index (Phi) is 34.0. The molecule has 0 aromatic rings. The fourth-order valence-corrected chi connectivity index (χ4v) is 6.45. The van der Waals surface area contributed by atoms with Crippen molar-refractivity contribution in [2.75, 3.05) is 13.2 Å². The van der Waals surface area contributed by atoms with E-state index in [1.807, 2.05) is 0 Å². The molecule has 0 saturated carbocycles. The van der Waals surface area contributed by atoms with Crippen LogP contribution in [0, 0.1) is 11.8 Å². The Morgan fingerprint density at radius 3 is 1.14 bits per heavy atom. The number of carbonyl (C=O) groups excluding carboxylic acids is 2. The zero-order valence-electron chi connectivity index (χ0n) is 30.4. The van der Waals surface area contributed by atoms with Crippen molar-refractivity contribution in [3.05, 3.63) is 0 Å². The number of unbranched alkanes of at least 4 members (excludes halogenated alkanes) is 20. The molecule has 0 heterocycles. The molecule has 0 aliphatic carbocycles. The number of carbonyl (C=O) groups is 2. The van der Waals surface area contributed by atoms with Crippen molar-refractivity contribution in [2.24, 2.45) is 11.8 Å². The van der Waals surface area contributed by atoms with Gasteiger partial charge in [0.25, 0.3) is 0 Å². The average Bonchev–Trinajstić information content (AvgIpc) is 3.01. The molecule has 44 heavy (non-hydrogen) atoms. The average molecular weight is 623 g/mol. The molecule has 0 amide bonds. The molecule has 1 atom stereocenters. The normalized spacial score (nSPS) is 12.1. The molecular formula is C40H78O4. The standard InChI is InChI=1S/C40H78O4/c1-5-8-10-12-22-28-35-43-39(41)33-26-20-16-14-18-24-31-38(37(4)30-7-3)32-25-19-15-17-21-27-34-40(42)44-36-29-23-13-11-9-6-2/h37-38H,5-36H2,1-4H3. The molecule has 0 aromatic heterocycles. The third-order valence-corrected chi connectivity index (χ3v) is 9.48. The van der Waals surface area contributed by atoms with E-state index in [1.165, 1.54) is 141 Å². The number of rotatable bonds is 35. The van der Waals surface area contributed by atoms with Crippen LogP contribution in [0.2, 0.25) is 0 Å². The first kappa shape index (κ1) is 42.9. The second kappa shape index (κ2) is 34.8. The third kappa shape index (κ3) is 30.9. The second-order valence-corrected chi connectivity index (χ2v) is 13.8. The fourth-order valence-electron chi connectivity index (χ4n) is 6.45. The molecule has 4 heteroatoms. The molecule has 0 rings (SSSR count). The fraction of sp³-hybridized carbons (Fsp3) is 0.950. The SMILES string of the molecule is CCCCCCCCOC(=O)CCCCCCCCC(CCCCCCCCC(=O)OCCCCCCCC)C(C)CCC. The van der Waals surface area contributed by atoms with E-state index in [9.17, 15) is 9.59 Å². The van der Waals surface area contributed by atoms with Gasteiger partial charge in [-0.2, -0.15) is 0 Å². The van der Waals surface area contributed by atoms with Gasteiger partial charge in [-0.3, -0.25) is 9.59 Å². The van der Waals surface area contributed by atoms with Crippen LogP contribution in [0.25, 0.3) is 0 Å². The minimum atomic E-state index is 0.00472. The van der Waals surface area contributed by atoms with E-state index in [0.29, 0.717) is 26.1 Å². The molecule has 0 aromatic carbocycles. The summed E-state index contributed by atoms with van der Waals surface area (Å²) in [5.74, 6) is 1.72. The van der Waals surface area contributed by atoms with Crippen molar-refractivity contribution in [2.45, 2.75) is 220 Å². The molecule has 0 fully saturated rings. The van der Waals surface area contributed by atoms with Crippen molar-refractivity contribution < 1.29 is 19.1 Å². The molecule has 1 unspecified atom stereocenters. The number of hydrogen-bond donors (Lipinski definition) is 0. The molecule has 0 aliphatic rings. The van der Waals surface area contributed by atoms with Gasteiger partial charge in [0.1, 0.15) is 0 Å². The Balaban J connectivity index is 3.74. The zero-order chi connectivity index (χ0) is 32.4. The first-order chi connectivity index (χ1) is 21.5. The summed E-state index contributed by atoms with van der Waals surface area (Å²) in [5, 5.41) is 0.